The van der Waals surface area contributed by atoms with Crippen molar-refractivity contribution in [3.8, 4) is 0 Å². The Kier molecular flexibility index (Phi) is 4.41. The number of nitrogens with one attached hydrogen (secondary N) is 1. The molecule has 6 heteroatoms. The monoisotopic (exact) mass is 312 g/mol. The van der Waals surface area contributed by atoms with Crippen molar-refractivity contribution in [1.82, 2.24) is 19.6 Å². The molecule has 0 unspecified atom stereocenters. The second kappa shape index (κ2) is 6.64. The van der Waals surface area contributed by atoms with E-state index in [1.54, 1.807) is 22.7 Å². The van der Waals surface area contributed by atoms with Crippen LogP contribution in [0.1, 0.15) is 40.4 Å². The zero-order chi connectivity index (χ0) is 16.2. The lowest BCUT2D eigenvalue weighted by Crippen LogP contribution is -2.36. The highest BCUT2D eigenvalue weighted by Gasteiger charge is 2.25. The molecule has 0 saturated carbocycles. The molecular weight excluding hydrogens is 292 g/mol. The van der Waals surface area contributed by atoms with E-state index in [4.69, 9.17) is 0 Å². The minimum absolute atomic E-state index is 0.117. The van der Waals surface area contributed by atoms with Crippen LogP contribution in [-0.4, -0.2) is 45.7 Å². The van der Waals surface area contributed by atoms with Crippen LogP contribution in [0.5, 0.6) is 0 Å². The van der Waals surface area contributed by atoms with Crippen LogP contribution in [0, 0.1) is 0 Å². The van der Waals surface area contributed by atoms with Crippen LogP contribution in [0.4, 0.5) is 0 Å². The van der Waals surface area contributed by atoms with Gasteiger partial charge in [0, 0.05) is 25.8 Å². The number of aromatic nitrogens is 2. The van der Waals surface area contributed by atoms with Gasteiger partial charge in [-0.25, -0.2) is 4.98 Å². The van der Waals surface area contributed by atoms with E-state index in [-0.39, 0.29) is 17.5 Å². The fourth-order valence-corrected chi connectivity index (χ4v) is 2.84. The van der Waals surface area contributed by atoms with E-state index in [9.17, 15) is 9.59 Å². The fourth-order valence-electron chi connectivity index (χ4n) is 2.84. The molecule has 0 aromatic carbocycles. The van der Waals surface area contributed by atoms with Gasteiger partial charge in [0.15, 0.2) is 5.69 Å². The second-order valence-corrected chi connectivity index (χ2v) is 5.59. The second-order valence-electron chi connectivity index (χ2n) is 5.59. The molecular formula is C17H20N4O2. The van der Waals surface area contributed by atoms with Gasteiger partial charge in [-0.1, -0.05) is 12.1 Å². The maximum Gasteiger partial charge on any atom is 0.290 e. The lowest BCUT2D eigenvalue weighted by Gasteiger charge is -2.25. The highest BCUT2D eigenvalue weighted by Crippen LogP contribution is 2.17. The van der Waals surface area contributed by atoms with E-state index in [0.717, 1.165) is 32.4 Å². The molecule has 120 valence electrons. The molecule has 2 aromatic heterocycles. The number of rotatable bonds is 4. The summed E-state index contributed by atoms with van der Waals surface area (Å²) in [7, 11) is 0. The minimum atomic E-state index is -0.300. The Labute approximate surface area is 134 Å². The van der Waals surface area contributed by atoms with Gasteiger partial charge in [0.1, 0.15) is 0 Å². The Morgan fingerprint density at radius 2 is 2.04 bits per heavy atom. The SMILES string of the molecule is C=CCNC(=O)c1nc(C(=O)N2CCCCC2)n2ccccc12. The maximum atomic E-state index is 12.8. The number of carbonyl (C=O) groups excluding carboxylic acids is 2. The Morgan fingerprint density at radius 3 is 2.78 bits per heavy atom. The zero-order valence-corrected chi connectivity index (χ0v) is 13.0. The first kappa shape index (κ1) is 15.3. The quantitative estimate of drug-likeness (QED) is 0.877. The number of fused-ring (bicyclic) bond motifs is 1. The van der Waals surface area contributed by atoms with Gasteiger partial charge in [-0.05, 0) is 31.4 Å². The van der Waals surface area contributed by atoms with Gasteiger partial charge in [0.05, 0.1) is 5.52 Å². The summed E-state index contributed by atoms with van der Waals surface area (Å²) in [5, 5.41) is 2.71. The van der Waals surface area contributed by atoms with Gasteiger partial charge in [0.2, 0.25) is 5.82 Å². The molecule has 1 fully saturated rings. The van der Waals surface area contributed by atoms with Crippen molar-refractivity contribution in [2.75, 3.05) is 19.6 Å². The summed E-state index contributed by atoms with van der Waals surface area (Å²) < 4.78 is 1.69. The summed E-state index contributed by atoms with van der Waals surface area (Å²) in [5.74, 6) is -0.119. The molecule has 0 aliphatic carbocycles. The summed E-state index contributed by atoms with van der Waals surface area (Å²) in [4.78, 5) is 31.2. The number of piperidine rings is 1. The average molecular weight is 312 g/mol. The number of amides is 2. The fraction of sp³-hybridized carbons (Fsp3) is 0.353. The first-order chi connectivity index (χ1) is 11.2. The van der Waals surface area contributed by atoms with Gasteiger partial charge in [-0.2, -0.15) is 0 Å². The van der Waals surface area contributed by atoms with Gasteiger partial charge in [-0.3, -0.25) is 14.0 Å². The van der Waals surface area contributed by atoms with E-state index in [1.165, 1.54) is 0 Å². The Morgan fingerprint density at radius 1 is 1.26 bits per heavy atom. The van der Waals surface area contributed by atoms with Gasteiger partial charge < -0.3 is 10.2 Å². The molecule has 1 saturated heterocycles. The van der Waals surface area contributed by atoms with E-state index in [2.05, 4.69) is 16.9 Å². The first-order valence-electron chi connectivity index (χ1n) is 7.88. The summed E-state index contributed by atoms with van der Waals surface area (Å²) in [6.45, 7) is 5.44. The lowest BCUT2D eigenvalue weighted by atomic mass is 10.1. The number of likely N-dealkylation sites (tertiary alicyclic amines) is 1. The Hall–Kier alpha value is -2.63. The average Bonchev–Trinajstić information content (AvgIpc) is 2.99. The molecule has 6 nitrogen and oxygen atoms in total. The van der Waals surface area contributed by atoms with Crippen LogP contribution in [-0.2, 0) is 0 Å². The molecule has 1 aliphatic heterocycles. The van der Waals surface area contributed by atoms with E-state index >= 15 is 0 Å². The highest BCUT2D eigenvalue weighted by atomic mass is 16.2. The number of imidazole rings is 1. The van der Waals surface area contributed by atoms with E-state index in [1.807, 2.05) is 17.0 Å². The van der Waals surface area contributed by atoms with Crippen molar-refractivity contribution < 1.29 is 9.59 Å². The Balaban J connectivity index is 1.98. The van der Waals surface area contributed by atoms with Crippen LogP contribution in [0.3, 0.4) is 0 Å². The first-order valence-corrected chi connectivity index (χ1v) is 7.88. The molecule has 1 N–H and O–H groups in total. The van der Waals surface area contributed by atoms with Gasteiger partial charge >= 0.3 is 0 Å². The third kappa shape index (κ3) is 2.97. The van der Waals surface area contributed by atoms with Crippen LogP contribution in [0.25, 0.3) is 5.52 Å². The van der Waals surface area contributed by atoms with Crippen molar-refractivity contribution in [3.63, 3.8) is 0 Å². The van der Waals surface area contributed by atoms with Crippen molar-refractivity contribution in [2.24, 2.45) is 0 Å². The van der Waals surface area contributed by atoms with Crippen LogP contribution in [0.2, 0.25) is 0 Å². The molecule has 0 spiro atoms. The van der Waals surface area contributed by atoms with Gasteiger partial charge in [0.25, 0.3) is 11.8 Å². The minimum Gasteiger partial charge on any atom is -0.347 e. The van der Waals surface area contributed by atoms with E-state index in [0.29, 0.717) is 17.9 Å². The molecule has 3 rings (SSSR count). The largest absolute Gasteiger partial charge is 0.347 e. The molecule has 0 bridgehead atoms. The number of nitrogens with zero attached hydrogens (tertiary/aromatic N) is 3. The normalized spacial score (nSPS) is 14.7. The predicted molar refractivity (Wildman–Crippen MR) is 87.5 cm³/mol. The standard InChI is InChI=1S/C17H20N4O2/c1-2-9-18-16(22)14-13-8-4-7-12-21(13)15(19-14)17(23)20-10-5-3-6-11-20/h2,4,7-8,12H,1,3,5-6,9-11H2,(H,18,22). The molecule has 0 radical (unpaired) electrons. The van der Waals surface area contributed by atoms with E-state index < -0.39 is 0 Å². The molecule has 0 atom stereocenters. The molecule has 2 amide bonds. The summed E-state index contributed by atoms with van der Waals surface area (Å²) in [5.41, 5.74) is 0.905. The smallest absolute Gasteiger partial charge is 0.290 e. The summed E-state index contributed by atoms with van der Waals surface area (Å²) >= 11 is 0. The lowest BCUT2D eigenvalue weighted by molar-refractivity contribution is 0.0711. The Bertz CT molecular complexity index is 744. The van der Waals surface area contributed by atoms with Crippen molar-refractivity contribution in [2.45, 2.75) is 19.3 Å². The highest BCUT2D eigenvalue weighted by molar-refractivity contribution is 6.02. The number of carbonyl (C=O) groups is 2. The summed E-state index contributed by atoms with van der Waals surface area (Å²) in [6.07, 6.45) is 6.56. The maximum absolute atomic E-state index is 12.8. The van der Waals surface area contributed by atoms with Crippen LogP contribution in [0.15, 0.2) is 37.1 Å². The number of pyridine rings is 1. The van der Waals surface area contributed by atoms with Crippen molar-refractivity contribution in [1.29, 1.82) is 0 Å². The molecule has 1 aliphatic rings. The predicted octanol–water partition coefficient (Wildman–Crippen LogP) is 1.88. The third-order valence-corrected chi connectivity index (χ3v) is 4.00. The molecule has 3 heterocycles. The van der Waals surface area contributed by atoms with Crippen LogP contribution >= 0.6 is 0 Å². The van der Waals surface area contributed by atoms with Crippen molar-refractivity contribution in [3.05, 3.63) is 48.6 Å². The summed E-state index contributed by atoms with van der Waals surface area (Å²) in [6, 6.07) is 5.45. The zero-order valence-electron chi connectivity index (χ0n) is 13.0. The molecule has 23 heavy (non-hydrogen) atoms. The molecule has 2 aromatic rings. The van der Waals surface area contributed by atoms with Crippen LogP contribution < -0.4 is 5.32 Å². The van der Waals surface area contributed by atoms with Crippen molar-refractivity contribution >= 4 is 17.3 Å². The van der Waals surface area contributed by atoms with Gasteiger partial charge in [-0.15, -0.1) is 6.58 Å². The topological polar surface area (TPSA) is 66.7 Å². The number of hydrogen-bond acceptors (Lipinski definition) is 3. The third-order valence-electron chi connectivity index (χ3n) is 4.00. The number of hydrogen-bond donors (Lipinski definition) is 1.